The number of hydrogen-bond donors (Lipinski definition) is 1. The molecule has 0 radical (unpaired) electrons. The summed E-state index contributed by atoms with van der Waals surface area (Å²) >= 11 is 0. The van der Waals surface area contributed by atoms with Gasteiger partial charge in [-0.1, -0.05) is 6.92 Å². The quantitative estimate of drug-likeness (QED) is 0.763. The maximum absolute atomic E-state index is 11.2. The lowest BCUT2D eigenvalue weighted by atomic mass is 10.0. The average molecular weight is 214 g/mol. The molecule has 1 saturated heterocycles. The molecule has 0 spiro atoms. The molecule has 1 heterocycles. The molecule has 15 heavy (non-hydrogen) atoms. The molecule has 0 saturated carbocycles. The summed E-state index contributed by atoms with van der Waals surface area (Å²) in [5, 5.41) is 9.24. The van der Waals surface area contributed by atoms with Gasteiger partial charge in [0.1, 0.15) is 0 Å². The van der Waals surface area contributed by atoms with Crippen molar-refractivity contribution in [1.29, 1.82) is 0 Å². The summed E-state index contributed by atoms with van der Waals surface area (Å²) in [5.74, 6) is 0. The number of hydrogen-bond acceptors (Lipinski definition) is 2. The van der Waals surface area contributed by atoms with E-state index in [1.807, 2.05) is 20.8 Å². The van der Waals surface area contributed by atoms with Crippen LogP contribution in [0.1, 0.15) is 34.1 Å². The maximum atomic E-state index is 11.2. The molecule has 0 unspecified atom stereocenters. The molecule has 88 valence electrons. The highest BCUT2D eigenvalue weighted by Crippen LogP contribution is 2.23. The van der Waals surface area contributed by atoms with Crippen LogP contribution in [0, 0.1) is 0 Å². The Labute approximate surface area is 91.9 Å². The van der Waals surface area contributed by atoms with Crippen molar-refractivity contribution in [2.45, 2.75) is 45.7 Å². The van der Waals surface area contributed by atoms with Gasteiger partial charge < -0.3 is 10.0 Å². The zero-order chi connectivity index (χ0) is 11.6. The van der Waals surface area contributed by atoms with Crippen molar-refractivity contribution in [2.75, 3.05) is 19.6 Å². The normalized spacial score (nSPS) is 23.1. The van der Waals surface area contributed by atoms with E-state index in [4.69, 9.17) is 0 Å². The summed E-state index contributed by atoms with van der Waals surface area (Å²) in [4.78, 5) is 15.1. The molecule has 1 amide bonds. The predicted molar refractivity (Wildman–Crippen MR) is 60.1 cm³/mol. The van der Waals surface area contributed by atoms with E-state index in [0.29, 0.717) is 0 Å². The highest BCUT2D eigenvalue weighted by molar-refractivity contribution is 5.66. The minimum Gasteiger partial charge on any atom is -0.465 e. The van der Waals surface area contributed by atoms with Crippen LogP contribution in [-0.2, 0) is 0 Å². The standard InChI is InChI=1S/C11H22N2O2/c1-5-12-7-6-9(8-12)13(10(14)15)11(2,3)4/h9H,5-8H2,1-4H3,(H,14,15)/t9-/m0/s1. The largest absolute Gasteiger partial charge is 0.465 e. The van der Waals surface area contributed by atoms with Gasteiger partial charge >= 0.3 is 6.09 Å². The first-order valence-corrected chi connectivity index (χ1v) is 5.61. The molecule has 1 N–H and O–H groups in total. The van der Waals surface area contributed by atoms with E-state index >= 15 is 0 Å². The fraction of sp³-hybridized carbons (Fsp3) is 0.909. The lowest BCUT2D eigenvalue weighted by Gasteiger charge is -2.38. The Bertz CT molecular complexity index is 235. The topological polar surface area (TPSA) is 43.8 Å². The number of amides is 1. The van der Waals surface area contributed by atoms with Crippen LogP contribution in [0.5, 0.6) is 0 Å². The Balaban J connectivity index is 2.71. The molecule has 0 bridgehead atoms. The van der Waals surface area contributed by atoms with Crippen molar-refractivity contribution < 1.29 is 9.90 Å². The van der Waals surface area contributed by atoms with Gasteiger partial charge in [0, 0.05) is 24.7 Å². The van der Waals surface area contributed by atoms with Gasteiger partial charge in [-0.05, 0) is 33.7 Å². The second kappa shape index (κ2) is 4.39. The maximum Gasteiger partial charge on any atom is 0.408 e. The van der Waals surface area contributed by atoms with Gasteiger partial charge in [0.15, 0.2) is 0 Å². The van der Waals surface area contributed by atoms with Crippen molar-refractivity contribution >= 4 is 6.09 Å². The smallest absolute Gasteiger partial charge is 0.408 e. The predicted octanol–water partition coefficient (Wildman–Crippen LogP) is 1.86. The Kier molecular flexibility index (Phi) is 3.60. The van der Waals surface area contributed by atoms with Crippen molar-refractivity contribution in [3.8, 4) is 0 Å². The fourth-order valence-corrected chi connectivity index (χ4v) is 2.30. The van der Waals surface area contributed by atoms with Crippen molar-refractivity contribution in [2.24, 2.45) is 0 Å². The number of nitrogens with zero attached hydrogens (tertiary/aromatic N) is 2. The van der Waals surface area contributed by atoms with Crippen molar-refractivity contribution in [3.05, 3.63) is 0 Å². The molecule has 1 rings (SSSR count). The third-order valence-corrected chi connectivity index (χ3v) is 2.99. The minimum absolute atomic E-state index is 0.155. The molecule has 1 aliphatic rings. The Morgan fingerprint density at radius 1 is 1.53 bits per heavy atom. The molecule has 0 aromatic heterocycles. The van der Waals surface area contributed by atoms with Gasteiger partial charge in [0.25, 0.3) is 0 Å². The summed E-state index contributed by atoms with van der Waals surface area (Å²) in [6, 6.07) is 0.155. The van der Waals surface area contributed by atoms with Crippen LogP contribution < -0.4 is 0 Å². The van der Waals surface area contributed by atoms with Crippen LogP contribution in [-0.4, -0.2) is 52.2 Å². The summed E-state index contributed by atoms with van der Waals surface area (Å²) in [7, 11) is 0. The van der Waals surface area contributed by atoms with Crippen LogP contribution in [0.25, 0.3) is 0 Å². The molecular weight excluding hydrogens is 192 g/mol. The van der Waals surface area contributed by atoms with Gasteiger partial charge in [-0.25, -0.2) is 4.79 Å². The van der Waals surface area contributed by atoms with Crippen LogP contribution in [0.4, 0.5) is 4.79 Å². The third kappa shape index (κ3) is 2.84. The van der Waals surface area contributed by atoms with Gasteiger partial charge in [-0.3, -0.25) is 4.90 Å². The Morgan fingerprint density at radius 3 is 2.47 bits per heavy atom. The van der Waals surface area contributed by atoms with E-state index in [-0.39, 0.29) is 11.6 Å². The molecule has 1 fully saturated rings. The number of rotatable bonds is 2. The second-order valence-corrected chi connectivity index (χ2v) is 5.16. The van der Waals surface area contributed by atoms with E-state index in [1.54, 1.807) is 4.90 Å². The Hall–Kier alpha value is -0.770. The lowest BCUT2D eigenvalue weighted by molar-refractivity contribution is 0.0723. The zero-order valence-corrected chi connectivity index (χ0v) is 10.2. The number of carbonyl (C=O) groups is 1. The van der Waals surface area contributed by atoms with Crippen LogP contribution in [0.3, 0.4) is 0 Å². The molecule has 0 aromatic rings. The third-order valence-electron chi connectivity index (χ3n) is 2.99. The highest BCUT2D eigenvalue weighted by Gasteiger charge is 2.36. The second-order valence-electron chi connectivity index (χ2n) is 5.16. The van der Waals surface area contributed by atoms with Gasteiger partial charge in [0.05, 0.1) is 0 Å². The first kappa shape index (κ1) is 12.3. The number of carboxylic acid groups (broad SMARTS) is 1. The van der Waals surface area contributed by atoms with Crippen molar-refractivity contribution in [1.82, 2.24) is 9.80 Å². The van der Waals surface area contributed by atoms with Crippen LogP contribution in [0.2, 0.25) is 0 Å². The molecular formula is C11H22N2O2. The molecule has 4 nitrogen and oxygen atoms in total. The minimum atomic E-state index is -0.801. The molecule has 0 aromatic carbocycles. The van der Waals surface area contributed by atoms with Gasteiger partial charge in [-0.15, -0.1) is 0 Å². The summed E-state index contributed by atoms with van der Waals surface area (Å²) in [5.41, 5.74) is -0.305. The van der Waals surface area contributed by atoms with E-state index in [9.17, 15) is 9.90 Å². The van der Waals surface area contributed by atoms with Crippen LogP contribution in [0.15, 0.2) is 0 Å². The fourth-order valence-electron chi connectivity index (χ4n) is 2.30. The molecule has 4 heteroatoms. The van der Waals surface area contributed by atoms with E-state index in [2.05, 4.69) is 11.8 Å². The Morgan fingerprint density at radius 2 is 2.13 bits per heavy atom. The van der Waals surface area contributed by atoms with Crippen LogP contribution >= 0.6 is 0 Å². The summed E-state index contributed by atoms with van der Waals surface area (Å²) in [6.07, 6.45) is 0.155. The monoisotopic (exact) mass is 214 g/mol. The van der Waals surface area contributed by atoms with Gasteiger partial charge in [-0.2, -0.15) is 0 Å². The summed E-state index contributed by atoms with van der Waals surface area (Å²) in [6.45, 7) is 10.9. The zero-order valence-electron chi connectivity index (χ0n) is 10.2. The lowest BCUT2D eigenvalue weighted by Crippen LogP contribution is -2.52. The highest BCUT2D eigenvalue weighted by atomic mass is 16.4. The van der Waals surface area contributed by atoms with E-state index < -0.39 is 6.09 Å². The van der Waals surface area contributed by atoms with E-state index in [1.165, 1.54) is 0 Å². The number of likely N-dealkylation sites (tertiary alicyclic amines) is 1. The molecule has 1 atom stereocenters. The van der Waals surface area contributed by atoms with Gasteiger partial charge in [0.2, 0.25) is 0 Å². The molecule has 1 aliphatic heterocycles. The first-order valence-electron chi connectivity index (χ1n) is 5.61. The molecule has 0 aliphatic carbocycles. The van der Waals surface area contributed by atoms with Crippen molar-refractivity contribution in [3.63, 3.8) is 0 Å². The average Bonchev–Trinajstić information content (AvgIpc) is 2.49. The first-order chi connectivity index (χ1) is 6.86. The number of likely N-dealkylation sites (N-methyl/N-ethyl adjacent to an activating group) is 1. The SMILES string of the molecule is CCN1CC[C@H](N(C(=O)O)C(C)(C)C)C1. The summed E-state index contributed by atoms with van der Waals surface area (Å²) < 4.78 is 0. The van der Waals surface area contributed by atoms with E-state index in [0.717, 1.165) is 26.1 Å².